The summed E-state index contributed by atoms with van der Waals surface area (Å²) < 4.78 is 10.7. The molecule has 2 heterocycles. The number of hydrogen-bond acceptors (Lipinski definition) is 8. The van der Waals surface area contributed by atoms with Gasteiger partial charge in [0.1, 0.15) is 17.3 Å². The van der Waals surface area contributed by atoms with Crippen LogP contribution in [-0.2, 0) is 11.3 Å². The molecule has 2 amide bonds. The second-order valence-corrected chi connectivity index (χ2v) is 7.87. The number of benzene rings is 2. The lowest BCUT2D eigenvalue weighted by atomic mass is 10.1. The Hall–Kier alpha value is -4.36. The predicted octanol–water partition coefficient (Wildman–Crippen LogP) is 4.97. The van der Waals surface area contributed by atoms with Gasteiger partial charge >= 0.3 is 0 Å². The molecule has 1 aromatic heterocycles. The second kappa shape index (κ2) is 9.02. The molecule has 4 rings (SSSR count). The van der Waals surface area contributed by atoms with Gasteiger partial charge in [0.05, 0.1) is 46.7 Å². The number of furan rings is 1. The quantitative estimate of drug-likeness (QED) is 0.286. The van der Waals surface area contributed by atoms with Crippen LogP contribution in [0, 0.1) is 21.4 Å². The van der Waals surface area contributed by atoms with Crippen molar-refractivity contribution in [3.05, 3.63) is 86.5 Å². The van der Waals surface area contributed by atoms with Crippen LogP contribution in [0.4, 0.5) is 10.5 Å². The minimum absolute atomic E-state index is 0.0206. The van der Waals surface area contributed by atoms with Crippen molar-refractivity contribution in [3.63, 3.8) is 0 Å². The fourth-order valence-corrected chi connectivity index (χ4v) is 4.09. The van der Waals surface area contributed by atoms with E-state index in [9.17, 15) is 25.0 Å². The van der Waals surface area contributed by atoms with Crippen LogP contribution in [0.1, 0.15) is 16.9 Å². The number of nitro benzene ring substituents is 1. The Morgan fingerprint density at radius 1 is 1.21 bits per heavy atom. The molecule has 0 atom stereocenters. The number of nitro groups is 1. The smallest absolute Gasteiger partial charge is 0.293 e. The zero-order chi connectivity index (χ0) is 23.5. The molecule has 1 aliphatic rings. The van der Waals surface area contributed by atoms with Crippen molar-refractivity contribution >= 4 is 34.7 Å². The highest BCUT2D eigenvalue weighted by atomic mass is 32.2. The van der Waals surface area contributed by atoms with Crippen molar-refractivity contribution in [2.75, 3.05) is 7.11 Å². The van der Waals surface area contributed by atoms with Gasteiger partial charge in [0.2, 0.25) is 0 Å². The molecule has 0 N–H and O–H groups in total. The Kier molecular flexibility index (Phi) is 5.97. The van der Waals surface area contributed by atoms with E-state index in [1.165, 1.54) is 25.3 Å². The molecule has 3 aromatic rings. The molecule has 0 saturated carbocycles. The van der Waals surface area contributed by atoms with Crippen LogP contribution < -0.4 is 4.74 Å². The summed E-state index contributed by atoms with van der Waals surface area (Å²) in [6, 6.07) is 16.3. The number of imide groups is 1. The van der Waals surface area contributed by atoms with Gasteiger partial charge in [0.15, 0.2) is 0 Å². The lowest BCUT2D eigenvalue weighted by Crippen LogP contribution is -2.27. The molecule has 0 aliphatic carbocycles. The number of rotatable bonds is 6. The Morgan fingerprint density at radius 2 is 2.00 bits per heavy atom. The molecule has 33 heavy (non-hydrogen) atoms. The first-order valence-electron chi connectivity index (χ1n) is 9.57. The Morgan fingerprint density at radius 3 is 2.73 bits per heavy atom. The molecule has 1 saturated heterocycles. The monoisotopic (exact) mass is 461 g/mol. The third-order valence-electron chi connectivity index (χ3n) is 4.91. The van der Waals surface area contributed by atoms with E-state index in [1.54, 1.807) is 42.5 Å². The van der Waals surface area contributed by atoms with Crippen LogP contribution in [0.3, 0.4) is 0 Å². The van der Waals surface area contributed by atoms with E-state index < -0.39 is 16.1 Å². The van der Waals surface area contributed by atoms with E-state index in [4.69, 9.17) is 9.15 Å². The summed E-state index contributed by atoms with van der Waals surface area (Å²) in [5.74, 6) is 0.325. The zero-order valence-corrected chi connectivity index (χ0v) is 18.0. The molecule has 2 aromatic carbocycles. The summed E-state index contributed by atoms with van der Waals surface area (Å²) in [5, 5.41) is 20.2. The van der Waals surface area contributed by atoms with Gasteiger partial charge in [-0.1, -0.05) is 18.2 Å². The maximum Gasteiger partial charge on any atom is 0.293 e. The highest BCUT2D eigenvalue weighted by Crippen LogP contribution is 2.37. The van der Waals surface area contributed by atoms with Crippen LogP contribution in [0.2, 0.25) is 0 Å². The highest BCUT2D eigenvalue weighted by Gasteiger charge is 2.35. The van der Waals surface area contributed by atoms with Crippen molar-refractivity contribution < 1.29 is 23.7 Å². The molecule has 9 nitrogen and oxygen atoms in total. The van der Waals surface area contributed by atoms with Gasteiger partial charge in [0.25, 0.3) is 16.8 Å². The minimum atomic E-state index is -0.537. The first kappa shape index (κ1) is 21.9. The Labute approximate surface area is 192 Å². The lowest BCUT2D eigenvalue weighted by molar-refractivity contribution is -0.384. The van der Waals surface area contributed by atoms with Gasteiger partial charge in [-0.25, -0.2) is 0 Å². The van der Waals surface area contributed by atoms with Crippen LogP contribution in [-0.4, -0.2) is 28.1 Å². The van der Waals surface area contributed by atoms with Gasteiger partial charge in [-0.2, -0.15) is 5.26 Å². The molecule has 1 fully saturated rings. The van der Waals surface area contributed by atoms with Crippen LogP contribution >= 0.6 is 11.8 Å². The summed E-state index contributed by atoms with van der Waals surface area (Å²) in [6.45, 7) is -0.0206. The molecule has 164 valence electrons. The maximum atomic E-state index is 12.8. The molecule has 0 spiro atoms. The first-order chi connectivity index (χ1) is 15.9. The number of methoxy groups -OCH3 is 1. The minimum Gasteiger partial charge on any atom is -0.497 e. The normalized spacial score (nSPS) is 14.5. The number of nitriles is 1. The van der Waals surface area contributed by atoms with E-state index in [2.05, 4.69) is 0 Å². The van der Waals surface area contributed by atoms with E-state index in [0.717, 1.165) is 16.7 Å². The van der Waals surface area contributed by atoms with Gasteiger partial charge < -0.3 is 9.15 Å². The number of thioether (sulfide) groups is 1. The van der Waals surface area contributed by atoms with E-state index in [0.29, 0.717) is 16.9 Å². The number of amides is 2. The number of nitrogens with zero attached hydrogens (tertiary/aromatic N) is 3. The fourth-order valence-electron chi connectivity index (χ4n) is 3.28. The summed E-state index contributed by atoms with van der Waals surface area (Å²) in [6.07, 6.45) is 1.42. The largest absolute Gasteiger partial charge is 0.497 e. The molecular formula is C23H15N3O6S. The zero-order valence-electron chi connectivity index (χ0n) is 17.2. The average molecular weight is 461 g/mol. The molecule has 0 radical (unpaired) electrons. The number of ether oxygens (including phenoxy) is 1. The van der Waals surface area contributed by atoms with Gasteiger partial charge in [-0.15, -0.1) is 0 Å². The third kappa shape index (κ3) is 4.35. The van der Waals surface area contributed by atoms with Crippen molar-refractivity contribution in [1.29, 1.82) is 5.26 Å². The first-order valence-corrected chi connectivity index (χ1v) is 10.4. The molecule has 10 heteroatoms. The van der Waals surface area contributed by atoms with E-state index in [1.807, 2.05) is 6.07 Å². The van der Waals surface area contributed by atoms with Gasteiger partial charge in [-0.3, -0.25) is 24.6 Å². The van der Waals surface area contributed by atoms with E-state index in [-0.39, 0.29) is 34.2 Å². The second-order valence-electron chi connectivity index (χ2n) is 6.88. The molecule has 0 bridgehead atoms. The topological polar surface area (TPSA) is 127 Å². The average Bonchev–Trinajstić information content (AvgIpc) is 3.39. The highest BCUT2D eigenvalue weighted by molar-refractivity contribution is 8.18. The summed E-state index contributed by atoms with van der Waals surface area (Å²) in [7, 11) is 1.41. The maximum absolute atomic E-state index is 12.8. The number of hydrogen-bond donors (Lipinski definition) is 0. The van der Waals surface area contributed by atoms with E-state index >= 15 is 0 Å². The fraction of sp³-hybridized carbons (Fsp3) is 0.0870. The summed E-state index contributed by atoms with van der Waals surface area (Å²) >= 11 is 0.758. The summed E-state index contributed by atoms with van der Waals surface area (Å²) in [4.78, 5) is 37.3. The molecule has 0 unspecified atom stereocenters. The standard InChI is InChI=1S/C23H15N3O6S/c1-31-16-6-8-18(19(10-16)26(29)30)20-9-7-17(32-20)11-21-22(27)25(23(28)33-21)13-15-5-3-2-4-14(15)12-24/h2-11H,13H2,1H3/b21-11+. The Bertz CT molecular complexity index is 1350. The van der Waals surface area contributed by atoms with Crippen LogP contribution in [0.15, 0.2) is 63.9 Å². The van der Waals surface area contributed by atoms with Crippen molar-refractivity contribution in [2.45, 2.75) is 6.54 Å². The van der Waals surface area contributed by atoms with Gasteiger partial charge in [-0.05, 0) is 47.7 Å². The SMILES string of the molecule is COc1ccc(-c2ccc(/C=C3/SC(=O)N(Cc4ccccc4C#N)C3=O)o2)c([N+](=O)[O-])c1. The van der Waals surface area contributed by atoms with Crippen molar-refractivity contribution in [2.24, 2.45) is 0 Å². The number of carbonyl (C=O) groups is 2. The lowest BCUT2D eigenvalue weighted by Gasteiger charge is -2.13. The molecular weight excluding hydrogens is 446 g/mol. The van der Waals surface area contributed by atoms with Crippen molar-refractivity contribution in [1.82, 2.24) is 4.90 Å². The van der Waals surface area contributed by atoms with Gasteiger partial charge in [0, 0.05) is 6.08 Å². The predicted molar refractivity (Wildman–Crippen MR) is 120 cm³/mol. The third-order valence-corrected chi connectivity index (χ3v) is 5.81. The Balaban J connectivity index is 1.59. The summed E-state index contributed by atoms with van der Waals surface area (Å²) in [5.41, 5.74) is 1.02. The van der Waals surface area contributed by atoms with Crippen LogP contribution in [0.5, 0.6) is 5.75 Å². The van der Waals surface area contributed by atoms with Crippen molar-refractivity contribution in [3.8, 4) is 23.1 Å². The molecule has 1 aliphatic heterocycles. The number of carbonyl (C=O) groups excluding carboxylic acids is 2. The van der Waals surface area contributed by atoms with Crippen LogP contribution in [0.25, 0.3) is 17.4 Å².